The third-order valence-electron chi connectivity index (χ3n) is 7.00. The molecular formula is C17H26O2. The van der Waals surface area contributed by atoms with Crippen LogP contribution in [0.5, 0.6) is 0 Å². The molecule has 4 saturated carbocycles. The van der Waals surface area contributed by atoms with Crippen molar-refractivity contribution in [3.63, 3.8) is 0 Å². The van der Waals surface area contributed by atoms with Gasteiger partial charge >= 0.3 is 0 Å². The van der Waals surface area contributed by atoms with E-state index in [1.54, 1.807) is 0 Å². The van der Waals surface area contributed by atoms with Crippen LogP contribution in [0.3, 0.4) is 0 Å². The van der Waals surface area contributed by atoms with Gasteiger partial charge in [-0.2, -0.15) is 0 Å². The fraction of sp³-hybridized carbons (Fsp3) is 0.941. The van der Waals surface area contributed by atoms with Gasteiger partial charge in [0.25, 0.3) is 0 Å². The van der Waals surface area contributed by atoms with E-state index in [9.17, 15) is 9.90 Å². The van der Waals surface area contributed by atoms with Crippen LogP contribution < -0.4 is 0 Å². The summed E-state index contributed by atoms with van der Waals surface area (Å²) in [6.45, 7) is 0. The summed E-state index contributed by atoms with van der Waals surface area (Å²) in [5.41, 5.74) is 0. The van der Waals surface area contributed by atoms with Crippen LogP contribution in [-0.4, -0.2) is 17.0 Å². The van der Waals surface area contributed by atoms with Gasteiger partial charge in [0, 0.05) is 12.3 Å². The summed E-state index contributed by atoms with van der Waals surface area (Å²) in [4.78, 5) is 12.0. The first kappa shape index (κ1) is 12.4. The molecule has 0 unspecified atom stereocenters. The number of aliphatic hydroxyl groups is 1. The zero-order valence-corrected chi connectivity index (χ0v) is 11.8. The quantitative estimate of drug-likeness (QED) is 0.728. The number of carbonyl (C=O) groups is 1. The molecule has 0 aromatic heterocycles. The molecule has 4 aliphatic rings. The van der Waals surface area contributed by atoms with Crippen molar-refractivity contribution in [3.05, 3.63) is 0 Å². The van der Waals surface area contributed by atoms with Crippen molar-refractivity contribution >= 4 is 5.78 Å². The smallest absolute Gasteiger partial charge is 0.136 e. The van der Waals surface area contributed by atoms with E-state index in [1.165, 1.54) is 38.5 Å². The van der Waals surface area contributed by atoms with Crippen LogP contribution in [0.25, 0.3) is 0 Å². The molecule has 4 fully saturated rings. The van der Waals surface area contributed by atoms with Gasteiger partial charge in [-0.3, -0.25) is 4.79 Å². The molecule has 0 spiro atoms. The Hall–Kier alpha value is -0.370. The van der Waals surface area contributed by atoms with Gasteiger partial charge in [-0.25, -0.2) is 0 Å². The van der Waals surface area contributed by atoms with Gasteiger partial charge in [-0.1, -0.05) is 0 Å². The van der Waals surface area contributed by atoms with Crippen molar-refractivity contribution in [3.8, 4) is 0 Å². The van der Waals surface area contributed by atoms with Crippen molar-refractivity contribution < 1.29 is 9.90 Å². The van der Waals surface area contributed by atoms with Crippen LogP contribution in [0.1, 0.15) is 57.8 Å². The summed E-state index contributed by atoms with van der Waals surface area (Å²) in [6, 6.07) is 0. The van der Waals surface area contributed by atoms with Crippen molar-refractivity contribution in [2.45, 2.75) is 63.9 Å². The second-order valence-electron chi connectivity index (χ2n) is 7.65. The molecule has 0 aromatic carbocycles. The van der Waals surface area contributed by atoms with Crippen molar-refractivity contribution in [1.82, 2.24) is 0 Å². The van der Waals surface area contributed by atoms with Gasteiger partial charge in [0.2, 0.25) is 0 Å². The molecule has 0 heterocycles. The molecule has 4 rings (SSSR count). The summed E-state index contributed by atoms with van der Waals surface area (Å²) < 4.78 is 0. The minimum Gasteiger partial charge on any atom is -0.393 e. The third kappa shape index (κ3) is 1.90. The van der Waals surface area contributed by atoms with Crippen molar-refractivity contribution in [2.24, 2.45) is 35.5 Å². The van der Waals surface area contributed by atoms with Gasteiger partial charge in [0.05, 0.1) is 6.10 Å². The Morgan fingerprint density at radius 3 is 2.42 bits per heavy atom. The van der Waals surface area contributed by atoms with E-state index < -0.39 is 0 Å². The number of ketones is 1. The first-order chi connectivity index (χ1) is 9.24. The Kier molecular flexibility index (Phi) is 2.98. The molecule has 0 saturated heterocycles. The summed E-state index contributed by atoms with van der Waals surface area (Å²) in [6.07, 6.45) is 10.5. The summed E-state index contributed by atoms with van der Waals surface area (Å²) in [5.74, 6) is 5.15. The average Bonchev–Trinajstić information content (AvgIpc) is 2.80. The van der Waals surface area contributed by atoms with Crippen LogP contribution in [0.15, 0.2) is 0 Å². The fourth-order valence-corrected chi connectivity index (χ4v) is 6.25. The molecule has 2 nitrogen and oxygen atoms in total. The topological polar surface area (TPSA) is 37.3 Å². The zero-order chi connectivity index (χ0) is 13.0. The molecule has 1 N–H and O–H groups in total. The van der Waals surface area contributed by atoms with Crippen LogP contribution >= 0.6 is 0 Å². The van der Waals surface area contributed by atoms with Gasteiger partial charge in [-0.05, 0) is 81.0 Å². The molecule has 4 aliphatic carbocycles. The van der Waals surface area contributed by atoms with Crippen LogP contribution in [0.2, 0.25) is 0 Å². The molecule has 0 bridgehead atoms. The predicted octanol–water partition coefficient (Wildman–Crippen LogP) is 3.18. The van der Waals surface area contributed by atoms with Gasteiger partial charge < -0.3 is 5.11 Å². The highest BCUT2D eigenvalue weighted by molar-refractivity contribution is 5.83. The van der Waals surface area contributed by atoms with Gasteiger partial charge in [0.1, 0.15) is 5.78 Å². The SMILES string of the molecule is O=C1CC[C@H]2[C@@H]3CC[C@@H]4C[C@@H](O)CC[C@@H]4[C@H]3CC[C@H]12. The van der Waals surface area contributed by atoms with Gasteiger partial charge in [-0.15, -0.1) is 0 Å². The molecule has 2 heteroatoms. The normalized spacial score (nSPS) is 53.3. The Bertz CT molecular complexity index is 377. The summed E-state index contributed by atoms with van der Waals surface area (Å²) in [5, 5.41) is 9.88. The largest absolute Gasteiger partial charge is 0.393 e. The van der Waals surface area contributed by atoms with E-state index in [4.69, 9.17) is 0 Å². The average molecular weight is 262 g/mol. The monoisotopic (exact) mass is 262 g/mol. The highest BCUT2D eigenvalue weighted by atomic mass is 16.3. The van der Waals surface area contributed by atoms with Crippen LogP contribution in [0, 0.1) is 35.5 Å². The lowest BCUT2D eigenvalue weighted by Crippen LogP contribution is -2.45. The summed E-state index contributed by atoms with van der Waals surface area (Å²) in [7, 11) is 0. The van der Waals surface area contributed by atoms with Crippen LogP contribution in [0.4, 0.5) is 0 Å². The third-order valence-corrected chi connectivity index (χ3v) is 7.00. The maximum absolute atomic E-state index is 12.0. The Morgan fingerprint density at radius 1 is 0.789 bits per heavy atom. The van der Waals surface area contributed by atoms with E-state index in [2.05, 4.69) is 0 Å². The second kappa shape index (κ2) is 4.58. The molecule has 106 valence electrons. The standard InChI is InChI=1S/C17H26O2/c18-11-2-4-12-10(9-11)1-3-14-13(12)5-6-16-15(14)7-8-17(16)19/h10-16,18H,1-9H2/t10-,11+,12+,13-,14-,15+,16+/m1/s1. The molecule has 0 radical (unpaired) electrons. The van der Waals surface area contributed by atoms with E-state index >= 15 is 0 Å². The molecule has 0 amide bonds. The van der Waals surface area contributed by atoms with Crippen molar-refractivity contribution in [1.29, 1.82) is 0 Å². The van der Waals surface area contributed by atoms with E-state index in [1.807, 2.05) is 0 Å². The first-order valence-corrected chi connectivity index (χ1v) is 8.45. The maximum Gasteiger partial charge on any atom is 0.136 e. The van der Waals surface area contributed by atoms with Gasteiger partial charge in [0.15, 0.2) is 0 Å². The lowest BCUT2D eigenvalue weighted by molar-refractivity contribution is -0.124. The van der Waals surface area contributed by atoms with E-state index in [-0.39, 0.29) is 6.10 Å². The number of hydrogen-bond donors (Lipinski definition) is 1. The summed E-state index contributed by atoms with van der Waals surface area (Å²) >= 11 is 0. The number of rotatable bonds is 0. The lowest BCUT2D eigenvalue weighted by Gasteiger charge is -2.52. The highest BCUT2D eigenvalue weighted by Gasteiger charge is 2.51. The van der Waals surface area contributed by atoms with Crippen LogP contribution in [-0.2, 0) is 4.79 Å². The second-order valence-corrected chi connectivity index (χ2v) is 7.65. The number of fused-ring (bicyclic) bond motifs is 5. The van der Waals surface area contributed by atoms with Crippen molar-refractivity contribution in [2.75, 3.05) is 0 Å². The number of hydrogen-bond acceptors (Lipinski definition) is 2. The molecule has 19 heavy (non-hydrogen) atoms. The number of aliphatic hydroxyl groups excluding tert-OH is 1. The Morgan fingerprint density at radius 2 is 1.53 bits per heavy atom. The Labute approximate surface area is 116 Å². The zero-order valence-electron chi connectivity index (χ0n) is 11.8. The van der Waals surface area contributed by atoms with E-state index in [0.717, 1.165) is 48.9 Å². The van der Waals surface area contributed by atoms with E-state index in [0.29, 0.717) is 11.7 Å². The number of carbonyl (C=O) groups excluding carboxylic acids is 1. The maximum atomic E-state index is 12.0. The molecular weight excluding hydrogens is 236 g/mol. The number of Topliss-reactive ketones (excluding diaryl/α,β-unsaturated/α-hetero) is 1. The predicted molar refractivity (Wildman–Crippen MR) is 73.5 cm³/mol. The molecule has 7 atom stereocenters. The lowest BCUT2D eigenvalue weighted by atomic mass is 9.53. The Balaban J connectivity index is 1.54. The minimum absolute atomic E-state index is 0.0257. The minimum atomic E-state index is -0.0257. The first-order valence-electron chi connectivity index (χ1n) is 8.45. The molecule has 0 aliphatic heterocycles. The highest BCUT2D eigenvalue weighted by Crippen LogP contribution is 2.57. The fourth-order valence-electron chi connectivity index (χ4n) is 6.25. The molecule has 0 aromatic rings.